The van der Waals surface area contributed by atoms with Gasteiger partial charge in [-0.2, -0.15) is 13.9 Å². The summed E-state index contributed by atoms with van der Waals surface area (Å²) in [5.41, 5.74) is 1.20. The maximum Gasteiger partial charge on any atom is 0.446 e. The molecule has 0 aromatic heterocycles. The Hall–Kier alpha value is -0.470. The Morgan fingerprint density at radius 1 is 0.735 bits per heavy atom. The number of rotatable bonds is 21. The van der Waals surface area contributed by atoms with E-state index >= 15 is 0 Å². The Labute approximate surface area is 213 Å². The molecule has 1 aromatic carbocycles. The van der Waals surface area contributed by atoms with Gasteiger partial charge in [-0.15, -0.1) is 0 Å². The van der Waals surface area contributed by atoms with E-state index in [-0.39, 0.29) is 0 Å². The van der Waals surface area contributed by atoms with E-state index in [9.17, 15) is 4.89 Å². The molecular formula is C30H56O3P+. The van der Waals surface area contributed by atoms with E-state index < -0.39 is 7.94 Å². The zero-order chi connectivity index (χ0) is 25.2. The van der Waals surface area contributed by atoms with Crippen LogP contribution in [0.3, 0.4) is 0 Å². The third kappa shape index (κ3) is 12.5. The second-order valence-corrected chi connectivity index (χ2v) is 12.6. The Morgan fingerprint density at radius 2 is 1.29 bits per heavy atom. The normalized spacial score (nSPS) is 15.4. The van der Waals surface area contributed by atoms with Gasteiger partial charge in [0, 0.05) is 5.56 Å². The standard InChI is InChI=1S/C30H56O3P/c1-7-11-19-27(9-3)24-32-34(31,33-25-28(10-4)20-12-8-2)30-23-17-16-22-29(30)21-15-13-14-18-26(5)6/h16-17,22-23,26-28,31H,7-15,18-21,24-25H2,1-6H3/q+1. The maximum absolute atomic E-state index is 11.9. The second-order valence-electron chi connectivity index (χ2n) is 10.6. The largest absolute Gasteiger partial charge is 0.446 e. The van der Waals surface area contributed by atoms with Gasteiger partial charge in [0.1, 0.15) is 13.2 Å². The predicted molar refractivity (Wildman–Crippen MR) is 151 cm³/mol. The fraction of sp³-hybridized carbons (Fsp3) is 0.800. The summed E-state index contributed by atoms with van der Waals surface area (Å²) in [6.07, 6.45) is 15.2. The van der Waals surface area contributed by atoms with E-state index in [1.54, 1.807) is 0 Å². The number of aryl methyl sites for hydroxylation is 1. The number of hydrogen-bond acceptors (Lipinski definition) is 3. The van der Waals surface area contributed by atoms with E-state index in [2.05, 4.69) is 59.7 Å². The first-order valence-corrected chi connectivity index (χ1v) is 16.0. The molecule has 4 heteroatoms. The predicted octanol–water partition coefficient (Wildman–Crippen LogP) is 9.29. The zero-order valence-corrected chi connectivity index (χ0v) is 24.3. The van der Waals surface area contributed by atoms with Gasteiger partial charge in [-0.05, 0) is 49.5 Å². The molecule has 0 saturated heterocycles. The third-order valence-corrected chi connectivity index (χ3v) is 9.12. The van der Waals surface area contributed by atoms with Gasteiger partial charge in [0.25, 0.3) is 0 Å². The molecule has 0 radical (unpaired) electrons. The van der Waals surface area contributed by atoms with Crippen LogP contribution in [0.4, 0.5) is 0 Å². The molecular weight excluding hydrogens is 439 g/mol. The van der Waals surface area contributed by atoms with Crippen molar-refractivity contribution in [2.75, 3.05) is 13.2 Å². The van der Waals surface area contributed by atoms with Crippen LogP contribution >= 0.6 is 7.94 Å². The molecule has 0 aliphatic rings. The molecule has 0 aliphatic heterocycles. The molecule has 0 fully saturated rings. The minimum Gasteiger partial charge on any atom is -0.188 e. The van der Waals surface area contributed by atoms with Crippen LogP contribution in [0.2, 0.25) is 0 Å². The van der Waals surface area contributed by atoms with Crippen LogP contribution in [0, 0.1) is 17.8 Å². The van der Waals surface area contributed by atoms with Gasteiger partial charge in [0.15, 0.2) is 5.30 Å². The lowest BCUT2D eigenvalue weighted by Crippen LogP contribution is -2.24. The van der Waals surface area contributed by atoms with Crippen molar-refractivity contribution in [2.45, 2.75) is 125 Å². The highest BCUT2D eigenvalue weighted by atomic mass is 31.2. The summed E-state index contributed by atoms with van der Waals surface area (Å²) < 4.78 is 12.8. The van der Waals surface area contributed by atoms with E-state index in [1.165, 1.54) is 50.5 Å². The number of benzene rings is 1. The SMILES string of the molecule is CCCCC(CC)CO[P+](O)(OCC(CC)CCCC)c1ccccc1CCCCCC(C)C. The Kier molecular flexibility index (Phi) is 17.4. The molecule has 0 spiro atoms. The van der Waals surface area contributed by atoms with E-state index in [1.807, 2.05) is 6.07 Å². The van der Waals surface area contributed by atoms with Gasteiger partial charge >= 0.3 is 7.94 Å². The Balaban J connectivity index is 2.99. The van der Waals surface area contributed by atoms with Crippen molar-refractivity contribution < 1.29 is 13.9 Å². The summed E-state index contributed by atoms with van der Waals surface area (Å²) in [7, 11) is -3.13. The molecule has 0 aliphatic carbocycles. The first-order valence-electron chi connectivity index (χ1n) is 14.4. The minimum atomic E-state index is -3.13. The molecule has 0 heterocycles. The summed E-state index contributed by atoms with van der Waals surface area (Å²) in [4.78, 5) is 11.9. The molecule has 2 atom stereocenters. The van der Waals surface area contributed by atoms with Gasteiger partial charge in [0.2, 0.25) is 0 Å². The molecule has 34 heavy (non-hydrogen) atoms. The third-order valence-electron chi connectivity index (χ3n) is 7.08. The van der Waals surface area contributed by atoms with Crippen LogP contribution in [0.25, 0.3) is 0 Å². The molecule has 2 unspecified atom stereocenters. The average molecular weight is 496 g/mol. The smallest absolute Gasteiger partial charge is 0.188 e. The van der Waals surface area contributed by atoms with Crippen molar-refractivity contribution in [3.63, 3.8) is 0 Å². The molecule has 1 N–H and O–H groups in total. The summed E-state index contributed by atoms with van der Waals surface area (Å²) >= 11 is 0. The summed E-state index contributed by atoms with van der Waals surface area (Å²) in [5, 5.41) is 0.912. The minimum absolute atomic E-state index is 0.473. The van der Waals surface area contributed by atoms with E-state index in [0.717, 1.165) is 49.7 Å². The lowest BCUT2D eigenvalue weighted by atomic mass is 10.0. The molecule has 3 nitrogen and oxygen atoms in total. The first kappa shape index (κ1) is 31.6. The first-order chi connectivity index (χ1) is 16.4. The Morgan fingerprint density at radius 3 is 1.79 bits per heavy atom. The van der Waals surface area contributed by atoms with E-state index in [0.29, 0.717) is 25.0 Å². The fourth-order valence-corrected chi connectivity index (χ4v) is 6.43. The van der Waals surface area contributed by atoms with Crippen molar-refractivity contribution in [3.8, 4) is 0 Å². The number of hydrogen-bond donors (Lipinski definition) is 1. The zero-order valence-electron chi connectivity index (χ0n) is 23.4. The van der Waals surface area contributed by atoms with Gasteiger partial charge < -0.3 is 0 Å². The topological polar surface area (TPSA) is 38.7 Å². The highest BCUT2D eigenvalue weighted by Crippen LogP contribution is 2.57. The van der Waals surface area contributed by atoms with Crippen LogP contribution in [0.15, 0.2) is 24.3 Å². The van der Waals surface area contributed by atoms with Crippen molar-refractivity contribution in [1.29, 1.82) is 0 Å². The molecule has 0 bridgehead atoms. The lowest BCUT2D eigenvalue weighted by Gasteiger charge is -2.23. The van der Waals surface area contributed by atoms with Gasteiger partial charge in [0.05, 0.1) is 0 Å². The van der Waals surface area contributed by atoms with Gasteiger partial charge in [-0.25, -0.2) is 0 Å². The molecule has 0 saturated carbocycles. The summed E-state index contributed by atoms with van der Waals surface area (Å²) in [6.45, 7) is 14.7. The highest BCUT2D eigenvalue weighted by Gasteiger charge is 2.47. The van der Waals surface area contributed by atoms with Gasteiger partial charge in [-0.3, -0.25) is 0 Å². The maximum atomic E-state index is 11.9. The average Bonchev–Trinajstić information content (AvgIpc) is 2.84. The van der Waals surface area contributed by atoms with Crippen LogP contribution in [-0.4, -0.2) is 18.1 Å². The van der Waals surface area contributed by atoms with Crippen molar-refractivity contribution in [3.05, 3.63) is 29.8 Å². The van der Waals surface area contributed by atoms with Crippen molar-refractivity contribution >= 4 is 13.2 Å². The van der Waals surface area contributed by atoms with Gasteiger partial charge in [-0.1, -0.05) is 118 Å². The van der Waals surface area contributed by atoms with E-state index in [4.69, 9.17) is 9.05 Å². The summed E-state index contributed by atoms with van der Waals surface area (Å²) in [6, 6.07) is 8.33. The number of unbranched alkanes of at least 4 members (excludes halogenated alkanes) is 4. The Bertz CT molecular complexity index is 599. The van der Waals surface area contributed by atoms with Crippen LogP contribution in [0.5, 0.6) is 0 Å². The van der Waals surface area contributed by atoms with Crippen LogP contribution < -0.4 is 5.30 Å². The van der Waals surface area contributed by atoms with Crippen LogP contribution in [-0.2, 0) is 15.5 Å². The molecule has 1 rings (SSSR count). The van der Waals surface area contributed by atoms with Crippen LogP contribution in [0.1, 0.15) is 124 Å². The monoisotopic (exact) mass is 495 g/mol. The fourth-order valence-electron chi connectivity index (χ4n) is 4.43. The molecule has 1 aromatic rings. The molecule has 198 valence electrons. The van der Waals surface area contributed by atoms with Crippen molar-refractivity contribution in [2.24, 2.45) is 17.8 Å². The molecule has 0 amide bonds. The quantitative estimate of drug-likeness (QED) is 0.136. The second kappa shape index (κ2) is 18.8. The highest BCUT2D eigenvalue weighted by molar-refractivity contribution is 7.68. The van der Waals surface area contributed by atoms with Crippen molar-refractivity contribution in [1.82, 2.24) is 0 Å². The lowest BCUT2D eigenvalue weighted by molar-refractivity contribution is 0.137. The summed E-state index contributed by atoms with van der Waals surface area (Å²) in [5.74, 6) is 1.71.